The first-order valence-electron chi connectivity index (χ1n) is 8.73. The van der Waals surface area contributed by atoms with Crippen LogP contribution in [0.2, 0.25) is 5.02 Å². The van der Waals surface area contributed by atoms with Crippen LogP contribution in [0.4, 0.5) is 5.69 Å². The minimum Gasteiger partial charge on any atom is -0.368 e. The number of amides is 1. The first-order chi connectivity index (χ1) is 11.9. The summed E-state index contributed by atoms with van der Waals surface area (Å²) in [7, 11) is -3.13. The van der Waals surface area contributed by atoms with E-state index in [2.05, 4.69) is 4.90 Å². The lowest BCUT2D eigenvalue weighted by Crippen LogP contribution is -2.59. The molecule has 2 aliphatic heterocycles. The van der Waals surface area contributed by atoms with Crippen molar-refractivity contribution in [2.24, 2.45) is 5.92 Å². The van der Waals surface area contributed by atoms with Crippen LogP contribution in [0.25, 0.3) is 0 Å². The summed E-state index contributed by atoms with van der Waals surface area (Å²) in [4.78, 5) is 16.7. The van der Waals surface area contributed by atoms with Gasteiger partial charge in [-0.1, -0.05) is 17.7 Å². The third-order valence-electron chi connectivity index (χ3n) is 5.27. The number of carbonyl (C=O) groups excluding carboxylic acids is 1. The van der Waals surface area contributed by atoms with E-state index in [0.717, 1.165) is 31.6 Å². The highest BCUT2D eigenvalue weighted by molar-refractivity contribution is 7.90. The molecule has 4 rings (SSSR count). The zero-order valence-electron chi connectivity index (χ0n) is 14.0. The molecule has 25 heavy (non-hydrogen) atoms. The summed E-state index contributed by atoms with van der Waals surface area (Å²) >= 11 is 6.04. The SMILES string of the molecule is O=C(C1CN(S(=O)(=O)C2CC2)C1)N1CCN(c2cccc(Cl)c2)CC1. The van der Waals surface area contributed by atoms with Crippen molar-refractivity contribution in [3.05, 3.63) is 29.3 Å². The molecule has 1 aliphatic carbocycles. The molecule has 0 atom stereocenters. The van der Waals surface area contributed by atoms with Gasteiger partial charge in [-0.25, -0.2) is 8.42 Å². The number of anilines is 1. The van der Waals surface area contributed by atoms with E-state index in [9.17, 15) is 13.2 Å². The Morgan fingerprint density at radius 3 is 2.36 bits per heavy atom. The number of sulfonamides is 1. The van der Waals surface area contributed by atoms with Gasteiger partial charge in [-0.3, -0.25) is 4.79 Å². The van der Waals surface area contributed by atoms with Crippen LogP contribution in [0, 0.1) is 5.92 Å². The Morgan fingerprint density at radius 2 is 1.76 bits per heavy atom. The summed E-state index contributed by atoms with van der Waals surface area (Å²) in [5, 5.41) is 0.521. The molecule has 1 aromatic rings. The highest BCUT2D eigenvalue weighted by atomic mass is 35.5. The molecule has 1 amide bonds. The van der Waals surface area contributed by atoms with Gasteiger partial charge in [0.1, 0.15) is 0 Å². The van der Waals surface area contributed by atoms with Crippen LogP contribution < -0.4 is 4.90 Å². The van der Waals surface area contributed by atoms with Crippen LogP contribution in [0.15, 0.2) is 24.3 Å². The zero-order valence-corrected chi connectivity index (χ0v) is 15.5. The van der Waals surface area contributed by atoms with Gasteiger partial charge < -0.3 is 9.80 Å². The summed E-state index contributed by atoms with van der Waals surface area (Å²) in [6, 6.07) is 7.74. The average Bonchev–Trinajstić information content (AvgIpc) is 3.38. The topological polar surface area (TPSA) is 60.9 Å². The van der Waals surface area contributed by atoms with Crippen LogP contribution in [0.1, 0.15) is 12.8 Å². The maximum atomic E-state index is 12.6. The fourth-order valence-corrected chi connectivity index (χ4v) is 5.61. The monoisotopic (exact) mass is 383 g/mol. The van der Waals surface area contributed by atoms with Gasteiger partial charge in [-0.05, 0) is 31.0 Å². The largest absolute Gasteiger partial charge is 0.368 e. The summed E-state index contributed by atoms with van der Waals surface area (Å²) in [5.74, 6) is -0.0840. The molecule has 3 aliphatic rings. The van der Waals surface area contributed by atoms with Crippen molar-refractivity contribution in [3.8, 4) is 0 Å². The van der Waals surface area contributed by atoms with Gasteiger partial charge in [-0.2, -0.15) is 4.31 Å². The van der Waals surface area contributed by atoms with Crippen molar-refractivity contribution in [3.63, 3.8) is 0 Å². The second kappa shape index (κ2) is 6.45. The summed E-state index contributed by atoms with van der Waals surface area (Å²) in [6.07, 6.45) is 1.53. The molecule has 0 bridgehead atoms. The molecule has 0 unspecified atom stereocenters. The average molecular weight is 384 g/mol. The lowest BCUT2D eigenvalue weighted by atomic mass is 10.0. The number of hydrogen-bond donors (Lipinski definition) is 0. The van der Waals surface area contributed by atoms with E-state index in [0.29, 0.717) is 31.2 Å². The highest BCUT2D eigenvalue weighted by Gasteiger charge is 2.47. The second-order valence-electron chi connectivity index (χ2n) is 7.05. The Labute approximate surface area is 153 Å². The minimum absolute atomic E-state index is 0.0907. The predicted molar refractivity (Wildman–Crippen MR) is 97.2 cm³/mol. The molecule has 3 fully saturated rings. The van der Waals surface area contributed by atoms with Crippen molar-refractivity contribution in [1.82, 2.24) is 9.21 Å². The maximum Gasteiger partial charge on any atom is 0.228 e. The zero-order chi connectivity index (χ0) is 17.6. The molecule has 0 N–H and O–H groups in total. The highest BCUT2D eigenvalue weighted by Crippen LogP contribution is 2.35. The van der Waals surface area contributed by atoms with E-state index in [-0.39, 0.29) is 17.1 Å². The van der Waals surface area contributed by atoms with Crippen LogP contribution in [0.3, 0.4) is 0 Å². The quantitative estimate of drug-likeness (QED) is 0.788. The molecular weight excluding hydrogens is 362 g/mol. The molecule has 0 radical (unpaired) electrons. The standard InChI is InChI=1S/C17H22ClN3O3S/c18-14-2-1-3-15(10-14)19-6-8-20(9-7-19)17(22)13-11-21(12-13)25(23,24)16-4-5-16/h1-3,10,13,16H,4-9,11-12H2. The fraction of sp³-hybridized carbons (Fsp3) is 0.588. The van der Waals surface area contributed by atoms with Gasteiger partial charge >= 0.3 is 0 Å². The van der Waals surface area contributed by atoms with E-state index in [1.807, 2.05) is 29.2 Å². The molecule has 0 spiro atoms. The molecule has 0 aromatic heterocycles. The molecule has 8 heteroatoms. The van der Waals surface area contributed by atoms with Crippen molar-refractivity contribution in [2.75, 3.05) is 44.2 Å². The molecule has 2 heterocycles. The first kappa shape index (κ1) is 17.1. The number of piperazine rings is 1. The van der Waals surface area contributed by atoms with Gasteiger partial charge in [0.15, 0.2) is 0 Å². The fourth-order valence-electron chi connectivity index (χ4n) is 3.49. The van der Waals surface area contributed by atoms with Gasteiger partial charge in [0, 0.05) is 50.0 Å². The number of halogens is 1. The number of nitrogens with zero attached hydrogens (tertiary/aromatic N) is 3. The number of carbonyl (C=O) groups is 1. The normalized spacial score (nSPS) is 22.8. The van der Waals surface area contributed by atoms with Crippen LogP contribution >= 0.6 is 11.6 Å². The van der Waals surface area contributed by atoms with Gasteiger partial charge in [0.25, 0.3) is 0 Å². The van der Waals surface area contributed by atoms with E-state index in [1.54, 1.807) is 0 Å². The number of hydrogen-bond acceptors (Lipinski definition) is 4. The lowest BCUT2D eigenvalue weighted by Gasteiger charge is -2.42. The van der Waals surface area contributed by atoms with E-state index >= 15 is 0 Å². The Hall–Kier alpha value is -1.31. The summed E-state index contributed by atoms with van der Waals surface area (Å²) in [6.45, 7) is 3.57. The first-order valence-corrected chi connectivity index (χ1v) is 10.6. The Bertz CT molecular complexity index is 767. The number of rotatable bonds is 4. The summed E-state index contributed by atoms with van der Waals surface area (Å²) in [5.41, 5.74) is 1.07. The van der Waals surface area contributed by atoms with Gasteiger partial charge in [0.05, 0.1) is 11.2 Å². The van der Waals surface area contributed by atoms with Crippen LogP contribution in [0.5, 0.6) is 0 Å². The van der Waals surface area contributed by atoms with Crippen molar-refractivity contribution in [1.29, 1.82) is 0 Å². The van der Waals surface area contributed by atoms with Crippen LogP contribution in [-0.2, 0) is 14.8 Å². The van der Waals surface area contributed by atoms with E-state index in [4.69, 9.17) is 11.6 Å². The Balaban J connectivity index is 1.29. The number of benzene rings is 1. The smallest absolute Gasteiger partial charge is 0.228 e. The summed E-state index contributed by atoms with van der Waals surface area (Å²) < 4.78 is 25.7. The molecule has 2 saturated heterocycles. The van der Waals surface area contributed by atoms with Crippen molar-refractivity contribution in [2.45, 2.75) is 18.1 Å². The Morgan fingerprint density at radius 1 is 1.08 bits per heavy atom. The maximum absolute atomic E-state index is 12.6. The minimum atomic E-state index is -3.13. The van der Waals surface area contributed by atoms with Gasteiger partial charge in [0.2, 0.25) is 15.9 Å². The molecule has 136 valence electrons. The van der Waals surface area contributed by atoms with Gasteiger partial charge in [-0.15, -0.1) is 0 Å². The van der Waals surface area contributed by atoms with Crippen molar-refractivity contribution < 1.29 is 13.2 Å². The lowest BCUT2D eigenvalue weighted by molar-refractivity contribution is -0.139. The van der Waals surface area contributed by atoms with Crippen molar-refractivity contribution >= 4 is 33.2 Å². The van der Waals surface area contributed by atoms with E-state index in [1.165, 1.54) is 4.31 Å². The van der Waals surface area contributed by atoms with Crippen LogP contribution in [-0.4, -0.2) is 68.0 Å². The molecule has 6 nitrogen and oxygen atoms in total. The molecule has 1 aromatic carbocycles. The Kier molecular flexibility index (Phi) is 4.42. The predicted octanol–water partition coefficient (Wildman–Crippen LogP) is 1.41. The van der Waals surface area contributed by atoms with E-state index < -0.39 is 10.0 Å². The second-order valence-corrected chi connectivity index (χ2v) is 9.70. The molecule has 1 saturated carbocycles. The third-order valence-corrected chi connectivity index (χ3v) is 7.83. The molecular formula is C17H22ClN3O3S. The third kappa shape index (κ3) is 3.37.